The largest absolute Gasteiger partial charge is 0.491 e. The van der Waals surface area contributed by atoms with Gasteiger partial charge in [0.05, 0.1) is 0 Å². The van der Waals surface area contributed by atoms with E-state index in [-0.39, 0.29) is 5.56 Å². The summed E-state index contributed by atoms with van der Waals surface area (Å²) in [5, 5.41) is 12.2. The van der Waals surface area contributed by atoms with Crippen LogP contribution in [-0.4, -0.2) is 30.3 Å². The van der Waals surface area contributed by atoms with Crippen LogP contribution in [0.3, 0.4) is 0 Å². The Hall–Kier alpha value is -1.55. The van der Waals surface area contributed by atoms with E-state index in [1.165, 1.54) is 12.8 Å². The predicted molar refractivity (Wildman–Crippen MR) is 59.9 cm³/mol. The maximum absolute atomic E-state index is 10.9. The zero-order valence-corrected chi connectivity index (χ0v) is 8.98. The van der Waals surface area contributed by atoms with E-state index in [4.69, 9.17) is 9.84 Å². The summed E-state index contributed by atoms with van der Waals surface area (Å²) in [7, 11) is 0. The van der Waals surface area contributed by atoms with Crippen molar-refractivity contribution in [3.05, 3.63) is 29.8 Å². The summed E-state index contributed by atoms with van der Waals surface area (Å²) in [5.74, 6) is -0.515. The van der Waals surface area contributed by atoms with Crippen molar-refractivity contribution in [3.8, 4) is 5.75 Å². The lowest BCUT2D eigenvalue weighted by atomic mass is 10.2. The third-order valence-corrected chi connectivity index (χ3v) is 2.49. The van der Waals surface area contributed by atoms with Crippen LogP contribution in [0, 0.1) is 0 Å². The van der Waals surface area contributed by atoms with Crippen LogP contribution in [0.5, 0.6) is 5.75 Å². The first-order chi connectivity index (χ1) is 7.77. The van der Waals surface area contributed by atoms with Crippen LogP contribution >= 0.6 is 0 Å². The smallest absolute Gasteiger partial charge is 0.339 e. The molecule has 0 amide bonds. The van der Waals surface area contributed by atoms with Crippen molar-refractivity contribution in [1.29, 1.82) is 0 Å². The number of ether oxygens (including phenoxy) is 1. The minimum atomic E-state index is -0.953. The van der Waals surface area contributed by atoms with E-state index in [0.717, 1.165) is 6.54 Å². The van der Waals surface area contributed by atoms with Gasteiger partial charge in [-0.3, -0.25) is 0 Å². The van der Waals surface area contributed by atoms with Gasteiger partial charge in [-0.1, -0.05) is 12.1 Å². The van der Waals surface area contributed by atoms with Gasteiger partial charge in [0.1, 0.15) is 17.9 Å². The van der Waals surface area contributed by atoms with Crippen LogP contribution in [0.2, 0.25) is 0 Å². The molecule has 0 heterocycles. The number of carboxylic acid groups (broad SMARTS) is 1. The first kappa shape index (κ1) is 11.0. The zero-order chi connectivity index (χ0) is 11.4. The summed E-state index contributed by atoms with van der Waals surface area (Å²) in [4.78, 5) is 10.9. The number of hydrogen-bond donors (Lipinski definition) is 2. The Morgan fingerprint density at radius 2 is 2.19 bits per heavy atom. The molecule has 1 saturated carbocycles. The second-order valence-corrected chi connectivity index (χ2v) is 3.88. The molecule has 1 fully saturated rings. The minimum absolute atomic E-state index is 0.217. The maximum atomic E-state index is 10.9. The highest BCUT2D eigenvalue weighted by atomic mass is 16.5. The number of nitrogens with one attached hydrogen (secondary N) is 1. The molecule has 1 aliphatic rings. The number of benzene rings is 1. The van der Waals surface area contributed by atoms with Crippen molar-refractivity contribution in [2.45, 2.75) is 18.9 Å². The van der Waals surface area contributed by atoms with E-state index >= 15 is 0 Å². The molecule has 0 unspecified atom stereocenters. The first-order valence-corrected chi connectivity index (χ1v) is 5.46. The highest BCUT2D eigenvalue weighted by Gasteiger charge is 2.19. The molecule has 1 aromatic rings. The minimum Gasteiger partial charge on any atom is -0.491 e. The molecule has 2 N–H and O–H groups in total. The van der Waals surface area contributed by atoms with Crippen LogP contribution in [-0.2, 0) is 0 Å². The highest BCUT2D eigenvalue weighted by Crippen LogP contribution is 2.19. The number of carboxylic acids is 1. The summed E-state index contributed by atoms with van der Waals surface area (Å²) in [6.45, 7) is 1.26. The van der Waals surface area contributed by atoms with Gasteiger partial charge in [0.15, 0.2) is 0 Å². The van der Waals surface area contributed by atoms with Gasteiger partial charge >= 0.3 is 5.97 Å². The monoisotopic (exact) mass is 221 g/mol. The van der Waals surface area contributed by atoms with Crippen molar-refractivity contribution >= 4 is 5.97 Å². The van der Waals surface area contributed by atoms with E-state index in [0.29, 0.717) is 18.4 Å². The fourth-order valence-corrected chi connectivity index (χ4v) is 1.48. The zero-order valence-electron chi connectivity index (χ0n) is 8.98. The van der Waals surface area contributed by atoms with Crippen LogP contribution in [0.15, 0.2) is 24.3 Å². The molecule has 0 saturated heterocycles. The lowest BCUT2D eigenvalue weighted by molar-refractivity contribution is 0.0692. The highest BCUT2D eigenvalue weighted by molar-refractivity contribution is 5.90. The predicted octanol–water partition coefficient (Wildman–Crippen LogP) is 1.52. The van der Waals surface area contributed by atoms with Crippen molar-refractivity contribution in [2.75, 3.05) is 13.2 Å². The van der Waals surface area contributed by atoms with Crippen LogP contribution < -0.4 is 10.1 Å². The molecule has 0 aliphatic heterocycles. The molecular formula is C12H15NO3. The Bertz CT molecular complexity index is 374. The second kappa shape index (κ2) is 4.99. The third kappa shape index (κ3) is 2.97. The topological polar surface area (TPSA) is 58.6 Å². The van der Waals surface area contributed by atoms with Crippen molar-refractivity contribution in [2.24, 2.45) is 0 Å². The molecule has 16 heavy (non-hydrogen) atoms. The molecule has 4 heteroatoms. The van der Waals surface area contributed by atoms with Gasteiger partial charge in [-0.2, -0.15) is 0 Å². The van der Waals surface area contributed by atoms with Gasteiger partial charge in [0.2, 0.25) is 0 Å². The van der Waals surface area contributed by atoms with Crippen LogP contribution in [0.4, 0.5) is 0 Å². The molecule has 0 spiro atoms. The Morgan fingerprint density at radius 1 is 1.44 bits per heavy atom. The average molecular weight is 221 g/mol. The average Bonchev–Trinajstić information content (AvgIpc) is 3.08. The maximum Gasteiger partial charge on any atom is 0.339 e. The van der Waals surface area contributed by atoms with Crippen LogP contribution in [0.1, 0.15) is 23.2 Å². The van der Waals surface area contributed by atoms with Crippen molar-refractivity contribution in [3.63, 3.8) is 0 Å². The summed E-state index contributed by atoms with van der Waals surface area (Å²) >= 11 is 0. The van der Waals surface area contributed by atoms with Gasteiger partial charge in [-0.25, -0.2) is 4.79 Å². The Balaban J connectivity index is 1.84. The van der Waals surface area contributed by atoms with E-state index in [9.17, 15) is 4.79 Å². The number of para-hydroxylation sites is 1. The number of rotatable bonds is 6. The Labute approximate surface area is 94.2 Å². The number of aromatic carboxylic acids is 1. The van der Waals surface area contributed by atoms with Crippen molar-refractivity contribution < 1.29 is 14.6 Å². The molecule has 4 nitrogen and oxygen atoms in total. The second-order valence-electron chi connectivity index (χ2n) is 3.88. The third-order valence-electron chi connectivity index (χ3n) is 2.49. The normalized spacial score (nSPS) is 14.8. The van der Waals surface area contributed by atoms with Gasteiger partial charge in [-0.05, 0) is 25.0 Å². The summed E-state index contributed by atoms with van der Waals surface area (Å²) in [6, 6.07) is 7.35. The number of hydrogen-bond acceptors (Lipinski definition) is 3. The molecule has 0 atom stereocenters. The molecule has 1 aliphatic carbocycles. The molecule has 0 radical (unpaired) electrons. The number of carbonyl (C=O) groups is 1. The van der Waals surface area contributed by atoms with Gasteiger partial charge in [-0.15, -0.1) is 0 Å². The van der Waals surface area contributed by atoms with E-state index in [1.807, 2.05) is 0 Å². The Morgan fingerprint density at radius 3 is 2.88 bits per heavy atom. The molecule has 0 bridgehead atoms. The summed E-state index contributed by atoms with van der Waals surface area (Å²) in [6.07, 6.45) is 2.48. The van der Waals surface area contributed by atoms with Crippen molar-refractivity contribution in [1.82, 2.24) is 5.32 Å². The van der Waals surface area contributed by atoms with E-state index in [2.05, 4.69) is 5.32 Å². The summed E-state index contributed by atoms with van der Waals surface area (Å²) < 4.78 is 5.43. The fraction of sp³-hybridized carbons (Fsp3) is 0.417. The van der Waals surface area contributed by atoms with Gasteiger partial charge in [0.25, 0.3) is 0 Å². The Kier molecular flexibility index (Phi) is 3.41. The lowest BCUT2D eigenvalue weighted by Crippen LogP contribution is -2.23. The van der Waals surface area contributed by atoms with Crippen LogP contribution in [0.25, 0.3) is 0 Å². The first-order valence-electron chi connectivity index (χ1n) is 5.46. The van der Waals surface area contributed by atoms with E-state index in [1.54, 1.807) is 24.3 Å². The molecular weight excluding hydrogens is 206 g/mol. The lowest BCUT2D eigenvalue weighted by Gasteiger charge is -2.09. The van der Waals surface area contributed by atoms with E-state index < -0.39 is 5.97 Å². The quantitative estimate of drug-likeness (QED) is 0.715. The molecule has 2 rings (SSSR count). The SMILES string of the molecule is O=C(O)c1ccccc1OCCNC1CC1. The standard InChI is InChI=1S/C12H15NO3/c14-12(15)10-3-1-2-4-11(10)16-8-7-13-9-5-6-9/h1-4,9,13H,5-8H2,(H,14,15). The summed E-state index contributed by atoms with van der Waals surface area (Å²) in [5.41, 5.74) is 0.217. The van der Waals surface area contributed by atoms with Gasteiger partial charge in [0, 0.05) is 12.6 Å². The van der Waals surface area contributed by atoms with Gasteiger partial charge < -0.3 is 15.2 Å². The fourth-order valence-electron chi connectivity index (χ4n) is 1.48. The molecule has 1 aromatic carbocycles. The molecule has 0 aromatic heterocycles. The molecule has 86 valence electrons.